The first kappa shape index (κ1) is 26.8. The molecule has 1 amide bonds. The molecule has 0 fully saturated rings. The van der Waals surface area contributed by atoms with Crippen LogP contribution in [0.5, 0.6) is 0 Å². The Morgan fingerprint density at radius 1 is 1.03 bits per heavy atom. The molecule has 0 atom stereocenters. The standard InChI is InChI=1S/C29H30BrN5OS/c1-19-9-15-25(16-10-19)35-27(21-11-13-23(14-12-21)29(3,4)5)33-34-28(35)37-18-26(36)32-31-20(2)22-7-6-8-24(30)17-22/h6-17H,18H2,1-5H3,(H,32,36). The van der Waals surface area contributed by atoms with Crippen molar-refractivity contribution in [3.05, 3.63) is 94.0 Å². The van der Waals surface area contributed by atoms with Crippen LogP contribution in [0.3, 0.4) is 0 Å². The molecule has 37 heavy (non-hydrogen) atoms. The van der Waals surface area contributed by atoms with E-state index in [1.54, 1.807) is 0 Å². The number of nitrogens with one attached hydrogen (secondary N) is 1. The van der Waals surface area contributed by atoms with Gasteiger partial charge in [0.2, 0.25) is 0 Å². The monoisotopic (exact) mass is 575 g/mol. The number of rotatable bonds is 7. The van der Waals surface area contributed by atoms with Crippen molar-refractivity contribution in [3.8, 4) is 17.1 Å². The first-order valence-electron chi connectivity index (χ1n) is 12.0. The second-order valence-electron chi connectivity index (χ2n) is 9.84. The van der Waals surface area contributed by atoms with Crippen molar-refractivity contribution < 1.29 is 4.79 Å². The summed E-state index contributed by atoms with van der Waals surface area (Å²) in [4.78, 5) is 12.6. The number of halogens is 1. The largest absolute Gasteiger partial charge is 0.272 e. The summed E-state index contributed by atoms with van der Waals surface area (Å²) in [5, 5.41) is 13.8. The zero-order valence-electron chi connectivity index (χ0n) is 21.6. The molecule has 0 aliphatic carbocycles. The fourth-order valence-electron chi connectivity index (χ4n) is 3.68. The number of carbonyl (C=O) groups excluding carboxylic acids is 1. The van der Waals surface area contributed by atoms with Crippen molar-refractivity contribution in [2.75, 3.05) is 5.75 Å². The molecular formula is C29H30BrN5OS. The molecule has 0 aliphatic rings. The van der Waals surface area contributed by atoms with Gasteiger partial charge >= 0.3 is 0 Å². The van der Waals surface area contributed by atoms with Gasteiger partial charge < -0.3 is 0 Å². The lowest BCUT2D eigenvalue weighted by molar-refractivity contribution is -0.118. The molecule has 190 valence electrons. The van der Waals surface area contributed by atoms with Gasteiger partial charge in [-0.15, -0.1) is 10.2 Å². The van der Waals surface area contributed by atoms with Gasteiger partial charge in [0, 0.05) is 15.7 Å². The molecule has 0 spiro atoms. The highest BCUT2D eigenvalue weighted by Gasteiger charge is 2.19. The van der Waals surface area contributed by atoms with Crippen LogP contribution in [0, 0.1) is 6.92 Å². The van der Waals surface area contributed by atoms with E-state index in [9.17, 15) is 4.79 Å². The van der Waals surface area contributed by atoms with Gasteiger partial charge in [-0.1, -0.05) is 103 Å². The molecule has 8 heteroatoms. The van der Waals surface area contributed by atoms with E-state index < -0.39 is 0 Å². The molecule has 0 unspecified atom stereocenters. The third kappa shape index (κ3) is 6.76. The first-order chi connectivity index (χ1) is 17.6. The molecule has 0 saturated carbocycles. The lowest BCUT2D eigenvalue weighted by Crippen LogP contribution is -2.21. The second-order valence-corrected chi connectivity index (χ2v) is 11.7. The fraction of sp³-hybridized carbons (Fsp3) is 0.241. The van der Waals surface area contributed by atoms with Gasteiger partial charge in [-0.3, -0.25) is 9.36 Å². The number of hydrogen-bond acceptors (Lipinski definition) is 5. The molecule has 6 nitrogen and oxygen atoms in total. The molecule has 1 heterocycles. The molecular weight excluding hydrogens is 546 g/mol. The number of hydrazone groups is 1. The molecule has 4 rings (SSSR count). The van der Waals surface area contributed by atoms with Crippen molar-refractivity contribution in [2.24, 2.45) is 5.10 Å². The Morgan fingerprint density at radius 3 is 2.38 bits per heavy atom. The topological polar surface area (TPSA) is 72.2 Å². The maximum Gasteiger partial charge on any atom is 0.250 e. The van der Waals surface area contributed by atoms with E-state index in [-0.39, 0.29) is 17.1 Å². The predicted octanol–water partition coefficient (Wildman–Crippen LogP) is 6.94. The van der Waals surface area contributed by atoms with Crippen LogP contribution in [0.2, 0.25) is 0 Å². The summed E-state index contributed by atoms with van der Waals surface area (Å²) in [6.45, 7) is 10.5. The number of aromatic nitrogens is 3. The van der Waals surface area contributed by atoms with Crippen molar-refractivity contribution >= 4 is 39.3 Å². The minimum Gasteiger partial charge on any atom is -0.272 e. The van der Waals surface area contributed by atoms with Crippen molar-refractivity contribution in [1.29, 1.82) is 0 Å². The van der Waals surface area contributed by atoms with E-state index in [2.05, 4.69) is 101 Å². The molecule has 0 saturated heterocycles. The zero-order chi connectivity index (χ0) is 26.6. The zero-order valence-corrected chi connectivity index (χ0v) is 24.0. The first-order valence-corrected chi connectivity index (χ1v) is 13.7. The van der Waals surface area contributed by atoms with Crippen molar-refractivity contribution in [2.45, 2.75) is 45.2 Å². The Balaban J connectivity index is 1.56. The molecule has 0 aliphatic heterocycles. The number of hydrogen-bond donors (Lipinski definition) is 1. The van der Waals surface area contributed by atoms with E-state index in [0.29, 0.717) is 5.16 Å². The van der Waals surface area contributed by atoms with Crippen LogP contribution >= 0.6 is 27.7 Å². The van der Waals surface area contributed by atoms with E-state index in [1.165, 1.54) is 22.9 Å². The third-order valence-electron chi connectivity index (χ3n) is 5.86. The average Bonchev–Trinajstić information content (AvgIpc) is 3.30. The molecule has 0 radical (unpaired) electrons. The molecule has 1 N–H and O–H groups in total. The van der Waals surface area contributed by atoms with Gasteiger partial charge in [0.25, 0.3) is 5.91 Å². The van der Waals surface area contributed by atoms with E-state index in [1.807, 2.05) is 47.9 Å². The Labute approximate surface area is 230 Å². The normalized spacial score (nSPS) is 12.0. The van der Waals surface area contributed by atoms with Crippen molar-refractivity contribution in [1.82, 2.24) is 20.2 Å². The van der Waals surface area contributed by atoms with Crippen LogP contribution < -0.4 is 5.43 Å². The van der Waals surface area contributed by atoms with Gasteiger partial charge in [0.05, 0.1) is 11.5 Å². The minimum atomic E-state index is -0.214. The van der Waals surface area contributed by atoms with Gasteiger partial charge in [0.15, 0.2) is 11.0 Å². The Hall–Kier alpha value is -3.23. The van der Waals surface area contributed by atoms with Crippen LogP contribution in [-0.4, -0.2) is 32.1 Å². The SMILES string of the molecule is CC(=NNC(=O)CSc1nnc(-c2ccc(C(C)(C)C)cc2)n1-c1ccc(C)cc1)c1cccc(Br)c1. The highest BCUT2D eigenvalue weighted by atomic mass is 79.9. The number of nitrogens with zero attached hydrogens (tertiary/aromatic N) is 4. The molecule has 0 bridgehead atoms. The van der Waals surface area contributed by atoms with E-state index in [4.69, 9.17) is 0 Å². The van der Waals surface area contributed by atoms with Crippen LogP contribution in [0.15, 0.2) is 87.5 Å². The summed E-state index contributed by atoms with van der Waals surface area (Å²) in [5.74, 6) is 0.673. The van der Waals surface area contributed by atoms with Crippen LogP contribution in [0.1, 0.15) is 44.4 Å². The molecule has 3 aromatic carbocycles. The number of thioether (sulfide) groups is 1. The highest BCUT2D eigenvalue weighted by molar-refractivity contribution is 9.10. The molecule has 1 aromatic heterocycles. The summed E-state index contributed by atoms with van der Waals surface area (Å²) < 4.78 is 2.96. The average molecular weight is 577 g/mol. The van der Waals surface area contributed by atoms with Gasteiger partial charge in [-0.05, 0) is 54.7 Å². The lowest BCUT2D eigenvalue weighted by atomic mass is 9.87. The second kappa shape index (κ2) is 11.4. The van der Waals surface area contributed by atoms with Crippen molar-refractivity contribution in [3.63, 3.8) is 0 Å². The van der Waals surface area contributed by atoms with Gasteiger partial charge in [-0.25, -0.2) is 5.43 Å². The summed E-state index contributed by atoms with van der Waals surface area (Å²) in [6.07, 6.45) is 0. The summed E-state index contributed by atoms with van der Waals surface area (Å²) in [5.41, 5.74) is 8.70. The number of carbonyl (C=O) groups is 1. The highest BCUT2D eigenvalue weighted by Crippen LogP contribution is 2.30. The van der Waals surface area contributed by atoms with Gasteiger partial charge in [-0.2, -0.15) is 5.10 Å². The molecule has 4 aromatic rings. The smallest absolute Gasteiger partial charge is 0.250 e. The Morgan fingerprint density at radius 2 is 1.73 bits per heavy atom. The summed E-state index contributed by atoms with van der Waals surface area (Å²) >= 11 is 4.79. The third-order valence-corrected chi connectivity index (χ3v) is 7.28. The maximum atomic E-state index is 12.6. The summed E-state index contributed by atoms with van der Waals surface area (Å²) in [6, 6.07) is 24.4. The van der Waals surface area contributed by atoms with Crippen LogP contribution in [-0.2, 0) is 10.2 Å². The lowest BCUT2D eigenvalue weighted by Gasteiger charge is -2.19. The van der Waals surface area contributed by atoms with E-state index >= 15 is 0 Å². The van der Waals surface area contributed by atoms with Crippen LogP contribution in [0.4, 0.5) is 0 Å². The number of amides is 1. The Bertz CT molecular complexity index is 1420. The summed E-state index contributed by atoms with van der Waals surface area (Å²) in [7, 11) is 0. The maximum absolute atomic E-state index is 12.6. The van der Waals surface area contributed by atoms with E-state index in [0.717, 1.165) is 32.8 Å². The quantitative estimate of drug-likeness (QED) is 0.147. The minimum absolute atomic E-state index is 0.0649. The van der Waals surface area contributed by atoms with Crippen LogP contribution in [0.25, 0.3) is 17.1 Å². The Kier molecular flexibility index (Phi) is 8.29. The van der Waals surface area contributed by atoms with Gasteiger partial charge in [0.1, 0.15) is 0 Å². The number of benzene rings is 3. The predicted molar refractivity (Wildman–Crippen MR) is 155 cm³/mol. The number of aryl methyl sites for hydroxylation is 1. The fourth-order valence-corrected chi connectivity index (χ4v) is 4.83.